The van der Waals surface area contributed by atoms with Crippen LogP contribution < -0.4 is 24.4 Å². The van der Waals surface area contributed by atoms with Crippen LogP contribution in [0, 0.1) is 6.92 Å². The molecule has 4 rings (SSSR count). The first kappa shape index (κ1) is 23.5. The van der Waals surface area contributed by atoms with E-state index in [1.807, 2.05) is 37.3 Å². The number of hydrogen-bond acceptors (Lipinski definition) is 7. The fraction of sp³-hybridized carbons (Fsp3) is 0.269. The van der Waals surface area contributed by atoms with Crippen molar-refractivity contribution in [3.8, 4) is 11.5 Å². The van der Waals surface area contributed by atoms with Crippen LogP contribution in [0.2, 0.25) is 0 Å². The van der Waals surface area contributed by atoms with Gasteiger partial charge in [0.25, 0.3) is 5.56 Å². The number of hydrogen-bond donors (Lipinski definition) is 0. The van der Waals surface area contributed by atoms with Crippen molar-refractivity contribution in [1.29, 1.82) is 0 Å². The lowest BCUT2D eigenvalue weighted by Gasteiger charge is -2.26. The molecule has 0 spiro atoms. The summed E-state index contributed by atoms with van der Waals surface area (Å²) in [5, 5.41) is 0. The number of fused-ring (bicyclic) bond motifs is 1. The minimum absolute atomic E-state index is 0.204. The monoisotopic (exact) mass is 478 g/mol. The SMILES string of the molecule is CCOC(=O)C1=C(C)N=c2sc(=Cc3ccc(C)cc3)c(=O)n2C1c1cc(OC)ccc1OC. The summed E-state index contributed by atoms with van der Waals surface area (Å²) in [7, 11) is 3.11. The van der Waals surface area contributed by atoms with Gasteiger partial charge in [0, 0.05) is 5.56 Å². The molecule has 1 aromatic heterocycles. The molecule has 1 atom stereocenters. The Balaban J connectivity index is 2.01. The highest BCUT2D eigenvalue weighted by Gasteiger charge is 2.35. The first-order valence-electron chi connectivity index (χ1n) is 10.9. The number of allylic oxidation sites excluding steroid dienone is 1. The number of ether oxygens (including phenoxy) is 3. The first-order valence-corrected chi connectivity index (χ1v) is 11.7. The van der Waals surface area contributed by atoms with Gasteiger partial charge in [-0.2, -0.15) is 0 Å². The molecule has 34 heavy (non-hydrogen) atoms. The Hall–Kier alpha value is -3.65. The molecular weight excluding hydrogens is 452 g/mol. The minimum Gasteiger partial charge on any atom is -0.497 e. The van der Waals surface area contributed by atoms with Crippen molar-refractivity contribution in [2.75, 3.05) is 20.8 Å². The molecule has 7 nitrogen and oxygen atoms in total. The molecule has 1 unspecified atom stereocenters. The van der Waals surface area contributed by atoms with Gasteiger partial charge < -0.3 is 14.2 Å². The summed E-state index contributed by atoms with van der Waals surface area (Å²) in [5.41, 5.74) is 3.21. The maximum Gasteiger partial charge on any atom is 0.338 e. The number of carbonyl (C=O) groups is 1. The van der Waals surface area contributed by atoms with Crippen LogP contribution in [0.1, 0.15) is 36.6 Å². The van der Waals surface area contributed by atoms with Gasteiger partial charge in [0.15, 0.2) is 4.80 Å². The molecule has 176 valence electrons. The minimum atomic E-state index is -0.777. The third-order valence-electron chi connectivity index (χ3n) is 5.62. The maximum absolute atomic E-state index is 13.7. The quantitative estimate of drug-likeness (QED) is 0.509. The number of aryl methyl sites for hydroxylation is 1. The van der Waals surface area contributed by atoms with Crippen LogP contribution in [0.3, 0.4) is 0 Å². The van der Waals surface area contributed by atoms with E-state index in [0.29, 0.717) is 37.7 Å². The predicted octanol–water partition coefficient (Wildman–Crippen LogP) is 3.12. The molecule has 0 amide bonds. The van der Waals surface area contributed by atoms with Crippen molar-refractivity contribution in [3.63, 3.8) is 0 Å². The van der Waals surface area contributed by atoms with Gasteiger partial charge in [0.1, 0.15) is 17.5 Å². The zero-order valence-corrected chi connectivity index (χ0v) is 20.6. The van der Waals surface area contributed by atoms with Crippen molar-refractivity contribution in [1.82, 2.24) is 4.57 Å². The molecule has 0 bridgehead atoms. The predicted molar refractivity (Wildman–Crippen MR) is 131 cm³/mol. The fourth-order valence-corrected chi connectivity index (χ4v) is 5.00. The van der Waals surface area contributed by atoms with Gasteiger partial charge in [-0.3, -0.25) is 9.36 Å². The summed E-state index contributed by atoms with van der Waals surface area (Å²) < 4.78 is 18.5. The zero-order valence-electron chi connectivity index (χ0n) is 19.7. The third kappa shape index (κ3) is 4.28. The lowest BCUT2D eigenvalue weighted by molar-refractivity contribution is -0.139. The Morgan fingerprint density at radius 3 is 2.50 bits per heavy atom. The van der Waals surface area contributed by atoms with Gasteiger partial charge in [-0.05, 0) is 50.6 Å². The second-order valence-corrected chi connectivity index (χ2v) is 8.83. The Labute approximate surface area is 201 Å². The zero-order chi connectivity index (χ0) is 24.4. The molecular formula is C26H26N2O5S. The normalized spacial score (nSPS) is 15.6. The van der Waals surface area contributed by atoms with E-state index in [2.05, 4.69) is 4.99 Å². The summed E-state index contributed by atoms with van der Waals surface area (Å²) in [6.07, 6.45) is 1.84. The highest BCUT2D eigenvalue weighted by atomic mass is 32.1. The van der Waals surface area contributed by atoms with Crippen molar-refractivity contribution in [3.05, 3.63) is 90.1 Å². The lowest BCUT2D eigenvalue weighted by Crippen LogP contribution is -2.40. The summed E-state index contributed by atoms with van der Waals surface area (Å²) in [6.45, 7) is 5.71. The molecule has 0 radical (unpaired) electrons. The largest absolute Gasteiger partial charge is 0.497 e. The van der Waals surface area contributed by atoms with Gasteiger partial charge in [-0.15, -0.1) is 0 Å². The maximum atomic E-state index is 13.7. The second kappa shape index (κ2) is 9.69. The molecule has 0 saturated heterocycles. The number of esters is 1. The molecule has 1 aliphatic rings. The van der Waals surface area contributed by atoms with Gasteiger partial charge in [0.2, 0.25) is 0 Å². The number of nitrogens with zero attached hydrogens (tertiary/aromatic N) is 2. The third-order valence-corrected chi connectivity index (χ3v) is 6.61. The first-order chi connectivity index (χ1) is 16.4. The van der Waals surface area contributed by atoms with Crippen LogP contribution in [0.15, 0.2) is 63.5 Å². The van der Waals surface area contributed by atoms with E-state index in [4.69, 9.17) is 14.2 Å². The van der Waals surface area contributed by atoms with Crippen LogP contribution >= 0.6 is 11.3 Å². The standard InChI is InChI=1S/C26H26N2O5S/c1-6-33-25(30)22-16(3)27-26-28(23(22)19-14-18(31-4)11-12-20(19)32-5)24(29)21(34-26)13-17-9-7-15(2)8-10-17/h7-14,23H,6H2,1-5H3. The Morgan fingerprint density at radius 1 is 1.12 bits per heavy atom. The summed E-state index contributed by atoms with van der Waals surface area (Å²) in [5.74, 6) is 0.581. The number of methoxy groups -OCH3 is 2. The summed E-state index contributed by atoms with van der Waals surface area (Å²) in [4.78, 5) is 31.9. The van der Waals surface area contributed by atoms with Gasteiger partial charge >= 0.3 is 5.97 Å². The topological polar surface area (TPSA) is 79.1 Å². The highest BCUT2D eigenvalue weighted by molar-refractivity contribution is 7.07. The van der Waals surface area contributed by atoms with E-state index >= 15 is 0 Å². The Bertz CT molecular complexity index is 1450. The molecule has 0 aliphatic carbocycles. The van der Waals surface area contributed by atoms with Crippen LogP contribution in [0.5, 0.6) is 11.5 Å². The molecule has 8 heteroatoms. The lowest BCUT2D eigenvalue weighted by atomic mass is 9.94. The number of thiazole rings is 1. The number of carbonyl (C=O) groups excluding carboxylic acids is 1. The van der Waals surface area contributed by atoms with Crippen LogP contribution in [-0.4, -0.2) is 31.4 Å². The van der Waals surface area contributed by atoms with Crippen molar-refractivity contribution in [2.24, 2.45) is 4.99 Å². The van der Waals surface area contributed by atoms with E-state index < -0.39 is 12.0 Å². The average Bonchev–Trinajstić information content (AvgIpc) is 3.13. The number of rotatable bonds is 6. The number of benzene rings is 2. The fourth-order valence-electron chi connectivity index (χ4n) is 3.95. The molecule has 1 aliphatic heterocycles. The van der Waals surface area contributed by atoms with E-state index in [1.165, 1.54) is 11.3 Å². The van der Waals surface area contributed by atoms with E-state index in [-0.39, 0.29) is 12.2 Å². The van der Waals surface area contributed by atoms with Crippen molar-refractivity contribution < 1.29 is 19.0 Å². The average molecular weight is 479 g/mol. The van der Waals surface area contributed by atoms with E-state index in [1.54, 1.807) is 50.8 Å². The van der Waals surface area contributed by atoms with E-state index in [0.717, 1.165) is 11.1 Å². The molecule has 0 N–H and O–H groups in total. The van der Waals surface area contributed by atoms with Crippen LogP contribution in [0.4, 0.5) is 0 Å². The molecule has 2 aromatic carbocycles. The Morgan fingerprint density at radius 2 is 1.85 bits per heavy atom. The molecule has 0 fully saturated rings. The Kier molecular flexibility index (Phi) is 6.70. The van der Waals surface area contributed by atoms with Gasteiger partial charge in [-0.25, -0.2) is 9.79 Å². The van der Waals surface area contributed by atoms with Crippen LogP contribution in [0.25, 0.3) is 6.08 Å². The second-order valence-electron chi connectivity index (χ2n) is 7.82. The summed E-state index contributed by atoms with van der Waals surface area (Å²) >= 11 is 1.28. The number of aromatic nitrogens is 1. The smallest absolute Gasteiger partial charge is 0.338 e. The van der Waals surface area contributed by atoms with Crippen molar-refractivity contribution in [2.45, 2.75) is 26.8 Å². The summed E-state index contributed by atoms with van der Waals surface area (Å²) in [6, 6.07) is 12.4. The molecule has 3 aromatic rings. The van der Waals surface area contributed by atoms with Gasteiger partial charge in [0.05, 0.1) is 36.6 Å². The van der Waals surface area contributed by atoms with Crippen LogP contribution in [-0.2, 0) is 9.53 Å². The highest BCUT2D eigenvalue weighted by Crippen LogP contribution is 2.37. The molecule has 2 heterocycles. The van der Waals surface area contributed by atoms with Crippen molar-refractivity contribution >= 4 is 23.4 Å². The molecule has 0 saturated carbocycles. The van der Waals surface area contributed by atoms with Gasteiger partial charge in [-0.1, -0.05) is 41.2 Å². The van der Waals surface area contributed by atoms with E-state index in [9.17, 15) is 9.59 Å².